The summed E-state index contributed by atoms with van der Waals surface area (Å²) in [4.78, 5) is 35.7. The molecule has 2 amide bonds. The molecular weight excluding hydrogens is 356 g/mol. The third-order valence-corrected chi connectivity index (χ3v) is 4.23. The molecule has 0 unspecified atom stereocenters. The summed E-state index contributed by atoms with van der Waals surface area (Å²) in [6.07, 6.45) is 0. The molecule has 0 saturated carbocycles. The first-order chi connectivity index (χ1) is 9.97. The lowest BCUT2D eigenvalue weighted by atomic mass is 10.1. The van der Waals surface area contributed by atoms with E-state index >= 15 is 0 Å². The Labute approximate surface area is 133 Å². The standard InChI is InChI=1S/C14H11BrN2O3S/c1-8-2-4-9(5-3-8)12(18)14(20)17-16-13(19)10-6-7-11(15)21-10/h2-7H,1H3,(H,16,19)(H,17,20). The van der Waals surface area contributed by atoms with Gasteiger partial charge in [0.15, 0.2) is 0 Å². The van der Waals surface area contributed by atoms with E-state index in [2.05, 4.69) is 26.8 Å². The highest BCUT2D eigenvalue weighted by molar-refractivity contribution is 9.11. The third kappa shape index (κ3) is 3.99. The fraction of sp³-hybridized carbons (Fsp3) is 0.0714. The Kier molecular flexibility index (Phi) is 4.87. The molecule has 0 aliphatic heterocycles. The number of aryl methyl sites for hydroxylation is 1. The van der Waals surface area contributed by atoms with Crippen molar-refractivity contribution in [3.63, 3.8) is 0 Å². The molecule has 0 atom stereocenters. The second-order valence-corrected chi connectivity index (χ2v) is 6.67. The number of amides is 2. The highest BCUT2D eigenvalue weighted by Crippen LogP contribution is 2.21. The zero-order valence-electron chi connectivity index (χ0n) is 11.0. The number of halogens is 1. The molecule has 0 radical (unpaired) electrons. The monoisotopic (exact) mass is 366 g/mol. The first-order valence-corrected chi connectivity index (χ1v) is 7.55. The van der Waals surface area contributed by atoms with Gasteiger partial charge in [0.1, 0.15) is 0 Å². The van der Waals surface area contributed by atoms with Gasteiger partial charge in [0.25, 0.3) is 11.7 Å². The second kappa shape index (κ2) is 6.64. The highest BCUT2D eigenvalue weighted by Gasteiger charge is 2.17. The van der Waals surface area contributed by atoms with Gasteiger partial charge in [0.05, 0.1) is 8.66 Å². The molecule has 108 valence electrons. The molecule has 1 aromatic carbocycles. The van der Waals surface area contributed by atoms with E-state index in [4.69, 9.17) is 0 Å². The summed E-state index contributed by atoms with van der Waals surface area (Å²) in [5.41, 5.74) is 5.57. The number of carbonyl (C=O) groups is 3. The number of carbonyl (C=O) groups excluding carboxylic acids is 3. The Morgan fingerprint density at radius 3 is 2.24 bits per heavy atom. The lowest BCUT2D eigenvalue weighted by Gasteiger charge is -2.05. The van der Waals surface area contributed by atoms with Gasteiger partial charge < -0.3 is 0 Å². The van der Waals surface area contributed by atoms with Gasteiger partial charge in [-0.25, -0.2) is 0 Å². The number of benzene rings is 1. The lowest BCUT2D eigenvalue weighted by molar-refractivity contribution is -0.117. The van der Waals surface area contributed by atoms with Crippen molar-refractivity contribution in [1.82, 2.24) is 10.9 Å². The van der Waals surface area contributed by atoms with E-state index in [1.165, 1.54) is 11.3 Å². The molecule has 1 aromatic heterocycles. The summed E-state index contributed by atoms with van der Waals surface area (Å²) in [6, 6.07) is 9.94. The van der Waals surface area contributed by atoms with E-state index in [9.17, 15) is 14.4 Å². The van der Waals surface area contributed by atoms with Crippen LogP contribution in [-0.4, -0.2) is 17.6 Å². The second-order valence-electron chi connectivity index (χ2n) is 4.21. The normalized spacial score (nSPS) is 10.0. The van der Waals surface area contributed by atoms with Gasteiger partial charge in [0, 0.05) is 5.56 Å². The van der Waals surface area contributed by atoms with E-state index in [-0.39, 0.29) is 5.56 Å². The minimum atomic E-state index is -0.886. The average Bonchev–Trinajstić information content (AvgIpc) is 2.91. The fourth-order valence-electron chi connectivity index (χ4n) is 1.50. The highest BCUT2D eigenvalue weighted by atomic mass is 79.9. The number of hydrogen-bond donors (Lipinski definition) is 2. The number of hydrazine groups is 1. The largest absolute Gasteiger partial charge is 0.310 e. The summed E-state index contributed by atoms with van der Waals surface area (Å²) in [5, 5.41) is 0. The number of thiophene rings is 1. The topological polar surface area (TPSA) is 75.3 Å². The smallest absolute Gasteiger partial charge is 0.283 e. The number of rotatable bonds is 3. The summed E-state index contributed by atoms with van der Waals surface area (Å²) in [6.45, 7) is 1.88. The molecule has 0 fully saturated rings. The van der Waals surface area contributed by atoms with Crippen LogP contribution in [0.4, 0.5) is 0 Å². The Balaban J connectivity index is 1.94. The summed E-state index contributed by atoms with van der Waals surface area (Å²) in [7, 11) is 0. The minimum absolute atomic E-state index is 0.270. The molecule has 7 heteroatoms. The van der Waals surface area contributed by atoms with Crippen LogP contribution in [0.2, 0.25) is 0 Å². The van der Waals surface area contributed by atoms with Crippen LogP contribution in [0.15, 0.2) is 40.2 Å². The molecule has 0 aliphatic rings. The summed E-state index contributed by atoms with van der Waals surface area (Å²) >= 11 is 4.46. The van der Waals surface area contributed by atoms with E-state index in [1.54, 1.807) is 36.4 Å². The molecule has 21 heavy (non-hydrogen) atoms. The van der Waals surface area contributed by atoms with Crippen LogP contribution in [0.5, 0.6) is 0 Å². The van der Waals surface area contributed by atoms with Gasteiger partial charge in [-0.2, -0.15) is 0 Å². The average molecular weight is 367 g/mol. The maximum atomic E-state index is 11.8. The molecule has 5 nitrogen and oxygen atoms in total. The first kappa shape index (κ1) is 15.4. The number of hydrogen-bond acceptors (Lipinski definition) is 4. The number of Topliss-reactive ketones (excluding diaryl/α,β-unsaturated/α-hetero) is 1. The van der Waals surface area contributed by atoms with Crippen LogP contribution >= 0.6 is 27.3 Å². The van der Waals surface area contributed by atoms with Crippen LogP contribution in [-0.2, 0) is 4.79 Å². The Morgan fingerprint density at radius 2 is 1.67 bits per heavy atom. The Hall–Kier alpha value is -1.99. The van der Waals surface area contributed by atoms with Crippen molar-refractivity contribution >= 4 is 44.9 Å². The predicted octanol–water partition coefficient (Wildman–Crippen LogP) is 2.46. The van der Waals surface area contributed by atoms with E-state index in [0.29, 0.717) is 4.88 Å². The van der Waals surface area contributed by atoms with Crippen molar-refractivity contribution in [3.05, 3.63) is 56.2 Å². The van der Waals surface area contributed by atoms with E-state index < -0.39 is 17.6 Å². The zero-order valence-corrected chi connectivity index (χ0v) is 13.4. The van der Waals surface area contributed by atoms with Crippen molar-refractivity contribution in [2.75, 3.05) is 0 Å². The van der Waals surface area contributed by atoms with Gasteiger partial charge in [-0.3, -0.25) is 25.2 Å². The molecule has 0 aliphatic carbocycles. The molecule has 2 N–H and O–H groups in total. The molecule has 0 saturated heterocycles. The van der Waals surface area contributed by atoms with E-state index in [0.717, 1.165) is 9.35 Å². The summed E-state index contributed by atoms with van der Waals surface area (Å²) in [5.74, 6) is -2.07. The number of nitrogens with one attached hydrogen (secondary N) is 2. The van der Waals surface area contributed by atoms with Crippen LogP contribution in [0, 0.1) is 6.92 Å². The predicted molar refractivity (Wildman–Crippen MR) is 83.1 cm³/mol. The van der Waals surface area contributed by atoms with Gasteiger partial charge in [0.2, 0.25) is 0 Å². The van der Waals surface area contributed by atoms with Crippen LogP contribution < -0.4 is 10.9 Å². The molecule has 2 rings (SSSR count). The van der Waals surface area contributed by atoms with Crippen LogP contribution in [0.3, 0.4) is 0 Å². The summed E-state index contributed by atoms with van der Waals surface area (Å²) < 4.78 is 0.801. The van der Waals surface area contributed by atoms with E-state index in [1.807, 2.05) is 6.92 Å². The molecule has 0 spiro atoms. The Bertz CT molecular complexity index is 694. The van der Waals surface area contributed by atoms with Crippen molar-refractivity contribution in [2.24, 2.45) is 0 Å². The molecule has 0 bridgehead atoms. The first-order valence-electron chi connectivity index (χ1n) is 5.94. The van der Waals surface area contributed by atoms with Gasteiger partial charge in [-0.15, -0.1) is 11.3 Å². The fourth-order valence-corrected chi connectivity index (χ4v) is 2.79. The minimum Gasteiger partial charge on any atom is -0.283 e. The molecular formula is C14H11BrN2O3S. The Morgan fingerprint density at radius 1 is 1.00 bits per heavy atom. The van der Waals surface area contributed by atoms with Crippen LogP contribution in [0.25, 0.3) is 0 Å². The molecule has 1 heterocycles. The van der Waals surface area contributed by atoms with Crippen molar-refractivity contribution in [2.45, 2.75) is 6.92 Å². The van der Waals surface area contributed by atoms with Crippen molar-refractivity contribution in [3.8, 4) is 0 Å². The zero-order chi connectivity index (χ0) is 15.4. The van der Waals surface area contributed by atoms with Crippen LogP contribution in [0.1, 0.15) is 25.6 Å². The SMILES string of the molecule is Cc1ccc(C(=O)C(=O)NNC(=O)c2ccc(Br)s2)cc1. The van der Waals surface area contributed by atoms with Gasteiger partial charge in [-0.05, 0) is 35.0 Å². The van der Waals surface area contributed by atoms with Gasteiger partial charge in [-0.1, -0.05) is 29.8 Å². The van der Waals surface area contributed by atoms with Crippen molar-refractivity contribution < 1.29 is 14.4 Å². The maximum Gasteiger partial charge on any atom is 0.310 e. The lowest BCUT2D eigenvalue weighted by Crippen LogP contribution is -2.44. The molecule has 2 aromatic rings. The van der Waals surface area contributed by atoms with Crippen molar-refractivity contribution in [1.29, 1.82) is 0 Å². The number of ketones is 1. The quantitative estimate of drug-likeness (QED) is 0.497. The maximum absolute atomic E-state index is 11.8. The van der Waals surface area contributed by atoms with Gasteiger partial charge >= 0.3 is 5.91 Å². The third-order valence-electron chi connectivity index (χ3n) is 2.61.